The highest BCUT2D eigenvalue weighted by molar-refractivity contribution is 5.79. The van der Waals surface area contributed by atoms with Crippen molar-refractivity contribution >= 4 is 18.0 Å². The molecule has 0 saturated carbocycles. The summed E-state index contributed by atoms with van der Waals surface area (Å²) in [5, 5.41) is 13.9. The number of aliphatic carboxylic acids is 1. The zero-order chi connectivity index (χ0) is 23.6. The van der Waals surface area contributed by atoms with Crippen LogP contribution in [0.15, 0.2) is 48.5 Å². The maximum Gasteiger partial charge on any atom is 0.407 e. The van der Waals surface area contributed by atoms with Crippen LogP contribution in [0.4, 0.5) is 4.79 Å². The molecule has 8 nitrogen and oxygen atoms in total. The lowest BCUT2D eigenvalue weighted by molar-refractivity contribution is -0.142. The maximum atomic E-state index is 12.2. The first-order valence-electron chi connectivity index (χ1n) is 11.1. The van der Waals surface area contributed by atoms with Gasteiger partial charge >= 0.3 is 12.1 Å². The molecule has 8 heteroatoms. The molecule has 0 saturated heterocycles. The fourth-order valence-electron chi connectivity index (χ4n) is 3.90. The Balaban J connectivity index is 1.35. The average molecular weight is 455 g/mol. The van der Waals surface area contributed by atoms with Crippen molar-refractivity contribution in [1.82, 2.24) is 10.6 Å². The van der Waals surface area contributed by atoms with Gasteiger partial charge in [-0.15, -0.1) is 0 Å². The summed E-state index contributed by atoms with van der Waals surface area (Å²) in [5.41, 5.74) is 4.70. The molecule has 2 aromatic carbocycles. The van der Waals surface area contributed by atoms with Gasteiger partial charge in [0.15, 0.2) is 0 Å². The Bertz CT molecular complexity index is 931. The van der Waals surface area contributed by atoms with E-state index < -0.39 is 12.1 Å². The smallest absolute Gasteiger partial charge is 0.407 e. The second kappa shape index (κ2) is 12.0. The van der Waals surface area contributed by atoms with Gasteiger partial charge in [-0.25, -0.2) is 9.59 Å². The van der Waals surface area contributed by atoms with Gasteiger partial charge in [-0.1, -0.05) is 55.5 Å². The molecule has 176 valence electrons. The van der Waals surface area contributed by atoms with E-state index in [4.69, 9.17) is 14.6 Å². The Morgan fingerprint density at radius 3 is 2.27 bits per heavy atom. The Morgan fingerprint density at radius 1 is 1.00 bits per heavy atom. The van der Waals surface area contributed by atoms with Crippen molar-refractivity contribution in [2.45, 2.75) is 25.7 Å². The lowest BCUT2D eigenvalue weighted by atomic mass is 9.98. The number of ether oxygens (including phenoxy) is 2. The van der Waals surface area contributed by atoms with Crippen molar-refractivity contribution in [2.75, 3.05) is 32.9 Å². The minimum absolute atomic E-state index is 0.0174. The largest absolute Gasteiger partial charge is 0.480 e. The monoisotopic (exact) mass is 454 g/mol. The fourth-order valence-corrected chi connectivity index (χ4v) is 3.90. The van der Waals surface area contributed by atoms with Crippen molar-refractivity contribution in [1.29, 1.82) is 0 Å². The first kappa shape index (κ1) is 24.3. The maximum absolute atomic E-state index is 12.2. The lowest BCUT2D eigenvalue weighted by Gasteiger charge is -2.16. The number of carboxylic acid groups (broad SMARTS) is 1. The van der Waals surface area contributed by atoms with Crippen LogP contribution in [-0.4, -0.2) is 56.0 Å². The van der Waals surface area contributed by atoms with E-state index in [0.29, 0.717) is 19.4 Å². The number of rotatable bonds is 12. The van der Waals surface area contributed by atoms with E-state index in [1.807, 2.05) is 31.2 Å². The summed E-state index contributed by atoms with van der Waals surface area (Å²) >= 11 is 0. The molecule has 1 unspecified atom stereocenters. The van der Waals surface area contributed by atoms with Crippen LogP contribution in [0.25, 0.3) is 11.1 Å². The SMILES string of the molecule is CC(CCC(=O)NCCOCC(=O)O)CNC(=O)OCC1c2ccccc2-c2ccccc21. The van der Waals surface area contributed by atoms with Crippen molar-refractivity contribution in [2.24, 2.45) is 5.92 Å². The molecule has 33 heavy (non-hydrogen) atoms. The molecule has 0 heterocycles. The molecule has 1 aliphatic carbocycles. The number of alkyl carbamates (subject to hydrolysis) is 1. The standard InChI is InChI=1S/C25H30N2O6/c1-17(10-11-23(28)26-12-13-32-16-24(29)30)14-27-25(31)33-15-22-20-8-4-2-6-18(20)19-7-3-5-9-21(19)22/h2-9,17,22H,10-16H2,1H3,(H,26,28)(H,27,31)(H,29,30). The molecule has 1 aliphatic rings. The predicted octanol–water partition coefficient (Wildman–Crippen LogP) is 3.16. The zero-order valence-electron chi connectivity index (χ0n) is 18.7. The van der Waals surface area contributed by atoms with E-state index in [1.165, 1.54) is 22.3 Å². The van der Waals surface area contributed by atoms with E-state index in [-0.39, 0.29) is 44.1 Å². The summed E-state index contributed by atoms with van der Waals surface area (Å²) in [4.78, 5) is 34.4. The van der Waals surface area contributed by atoms with Gasteiger partial charge in [-0.3, -0.25) is 4.79 Å². The number of benzene rings is 2. The van der Waals surface area contributed by atoms with Crippen molar-refractivity contribution in [3.63, 3.8) is 0 Å². The van der Waals surface area contributed by atoms with E-state index >= 15 is 0 Å². The van der Waals surface area contributed by atoms with Crippen molar-refractivity contribution in [3.05, 3.63) is 59.7 Å². The second-order valence-electron chi connectivity index (χ2n) is 8.15. The highest BCUT2D eigenvalue weighted by Crippen LogP contribution is 2.44. The summed E-state index contributed by atoms with van der Waals surface area (Å²) in [6.45, 7) is 2.66. The first-order chi connectivity index (χ1) is 16.0. The van der Waals surface area contributed by atoms with Gasteiger partial charge in [0.2, 0.25) is 5.91 Å². The van der Waals surface area contributed by atoms with Crippen LogP contribution in [0.2, 0.25) is 0 Å². The van der Waals surface area contributed by atoms with Gasteiger partial charge in [0, 0.05) is 25.4 Å². The number of amides is 2. The molecular formula is C25H30N2O6. The molecule has 0 aromatic heterocycles. The Labute approximate surface area is 193 Å². The molecule has 0 aliphatic heterocycles. The third-order valence-electron chi connectivity index (χ3n) is 5.60. The molecule has 0 radical (unpaired) electrons. The number of nitrogens with one attached hydrogen (secondary N) is 2. The van der Waals surface area contributed by atoms with Gasteiger partial charge < -0.3 is 25.2 Å². The van der Waals surface area contributed by atoms with E-state index in [9.17, 15) is 14.4 Å². The Hall–Kier alpha value is -3.39. The van der Waals surface area contributed by atoms with E-state index in [0.717, 1.165) is 0 Å². The molecule has 0 fully saturated rings. The van der Waals surface area contributed by atoms with Crippen molar-refractivity contribution < 1.29 is 29.0 Å². The highest BCUT2D eigenvalue weighted by Gasteiger charge is 2.29. The molecular weight excluding hydrogens is 424 g/mol. The molecule has 0 bridgehead atoms. The number of fused-ring (bicyclic) bond motifs is 3. The Kier molecular flexibility index (Phi) is 8.83. The number of carboxylic acids is 1. The molecule has 3 rings (SSSR count). The molecule has 0 spiro atoms. The van der Waals surface area contributed by atoms with Crippen LogP contribution in [0.3, 0.4) is 0 Å². The van der Waals surface area contributed by atoms with Crippen LogP contribution in [0.1, 0.15) is 36.8 Å². The minimum Gasteiger partial charge on any atom is -0.480 e. The third-order valence-corrected chi connectivity index (χ3v) is 5.60. The van der Waals surface area contributed by atoms with Gasteiger partial charge in [-0.05, 0) is 34.6 Å². The van der Waals surface area contributed by atoms with Gasteiger partial charge in [0.1, 0.15) is 13.2 Å². The van der Waals surface area contributed by atoms with Gasteiger partial charge in [0.05, 0.1) is 6.61 Å². The summed E-state index contributed by atoms with van der Waals surface area (Å²) in [5.74, 6) is -1.07. The topological polar surface area (TPSA) is 114 Å². The highest BCUT2D eigenvalue weighted by atomic mass is 16.5. The van der Waals surface area contributed by atoms with E-state index in [2.05, 4.69) is 34.9 Å². The normalized spacial score (nSPS) is 13.0. The van der Waals surface area contributed by atoms with Crippen LogP contribution in [0.5, 0.6) is 0 Å². The second-order valence-corrected chi connectivity index (χ2v) is 8.15. The number of carbonyl (C=O) groups excluding carboxylic acids is 2. The summed E-state index contributed by atoms with van der Waals surface area (Å²) < 4.78 is 10.4. The quantitative estimate of drug-likeness (QED) is 0.425. The van der Waals surface area contributed by atoms with Crippen LogP contribution >= 0.6 is 0 Å². The third kappa shape index (κ3) is 7.05. The summed E-state index contributed by atoms with van der Waals surface area (Å²) in [7, 11) is 0. The molecule has 1 atom stereocenters. The number of hydrogen-bond donors (Lipinski definition) is 3. The van der Waals surface area contributed by atoms with Crippen LogP contribution in [0, 0.1) is 5.92 Å². The Morgan fingerprint density at radius 2 is 1.64 bits per heavy atom. The average Bonchev–Trinajstić information content (AvgIpc) is 3.13. The molecule has 2 amide bonds. The molecule has 3 N–H and O–H groups in total. The predicted molar refractivity (Wildman–Crippen MR) is 123 cm³/mol. The summed E-state index contributed by atoms with van der Waals surface area (Å²) in [6, 6.07) is 16.4. The van der Waals surface area contributed by atoms with Crippen molar-refractivity contribution in [3.8, 4) is 11.1 Å². The number of hydrogen-bond acceptors (Lipinski definition) is 5. The van der Waals surface area contributed by atoms with Crippen LogP contribution in [-0.2, 0) is 19.1 Å². The lowest BCUT2D eigenvalue weighted by Crippen LogP contribution is -2.31. The first-order valence-corrected chi connectivity index (χ1v) is 11.1. The minimum atomic E-state index is -1.04. The van der Waals surface area contributed by atoms with Gasteiger partial charge in [-0.2, -0.15) is 0 Å². The van der Waals surface area contributed by atoms with Gasteiger partial charge in [0.25, 0.3) is 0 Å². The summed E-state index contributed by atoms with van der Waals surface area (Å²) in [6.07, 6.45) is 0.446. The fraction of sp³-hybridized carbons (Fsp3) is 0.400. The van der Waals surface area contributed by atoms with Crippen LogP contribution < -0.4 is 10.6 Å². The zero-order valence-corrected chi connectivity index (χ0v) is 18.7. The van der Waals surface area contributed by atoms with E-state index in [1.54, 1.807) is 0 Å². The molecule has 2 aromatic rings. The number of carbonyl (C=O) groups is 3.